The molecule has 2 nitrogen and oxygen atoms in total. The molecule has 1 aliphatic heterocycles. The van der Waals surface area contributed by atoms with E-state index in [-0.39, 0.29) is 0 Å². The quantitative estimate of drug-likeness (QED) is 0.160. The fraction of sp³-hybridized carbons (Fsp3) is 0.269. The Kier molecular flexibility index (Phi) is 28.3. The van der Waals surface area contributed by atoms with Gasteiger partial charge in [0.15, 0.2) is 0 Å². The van der Waals surface area contributed by atoms with Crippen LogP contribution >= 0.6 is 0 Å². The Morgan fingerprint density at radius 2 is 1.24 bits per heavy atom. The van der Waals surface area contributed by atoms with Crippen LogP contribution in [0.15, 0.2) is 159 Å². The number of para-hydroxylation sites is 1. The molecule has 2 heteroatoms. The molecule has 5 rings (SSSR count). The van der Waals surface area contributed by atoms with Gasteiger partial charge in [0.25, 0.3) is 0 Å². The van der Waals surface area contributed by atoms with Crippen molar-refractivity contribution in [2.75, 3.05) is 18.4 Å². The molecule has 0 radical (unpaired) electrons. The molecule has 0 saturated heterocycles. The van der Waals surface area contributed by atoms with Gasteiger partial charge in [-0.2, -0.15) is 0 Å². The largest absolute Gasteiger partial charge is 0.381 e. The summed E-state index contributed by atoms with van der Waals surface area (Å²) < 4.78 is 0. The number of nitrogens with two attached hydrogens (primary N) is 1. The summed E-state index contributed by atoms with van der Waals surface area (Å²) in [4.78, 5) is 0. The van der Waals surface area contributed by atoms with Crippen molar-refractivity contribution in [1.29, 1.82) is 0 Å². The van der Waals surface area contributed by atoms with Crippen LogP contribution in [0.1, 0.15) is 95.7 Å². The molecule has 0 amide bonds. The number of hydrogen-bond acceptors (Lipinski definition) is 2. The number of fused-ring (bicyclic) bond motifs is 1. The number of aryl methyl sites for hydroxylation is 3. The van der Waals surface area contributed by atoms with Crippen molar-refractivity contribution in [2.24, 2.45) is 5.73 Å². The highest BCUT2D eigenvalue weighted by Crippen LogP contribution is 2.35. The summed E-state index contributed by atoms with van der Waals surface area (Å²) in [5.74, 6) is 0. The maximum atomic E-state index is 4.85. The van der Waals surface area contributed by atoms with Crippen LogP contribution in [0.4, 0.5) is 5.69 Å². The Hall–Kier alpha value is -5.18. The first kappa shape index (κ1) is 48.8. The van der Waals surface area contributed by atoms with Crippen LogP contribution < -0.4 is 11.1 Å². The van der Waals surface area contributed by atoms with Gasteiger partial charge in [0.1, 0.15) is 0 Å². The minimum absolute atomic E-state index is 0.750. The Balaban J connectivity index is 0.000000812. The molecular weight excluding hydrogens is 653 g/mol. The number of anilines is 1. The Morgan fingerprint density at radius 3 is 1.76 bits per heavy atom. The first-order valence-electron chi connectivity index (χ1n) is 19.8. The van der Waals surface area contributed by atoms with E-state index in [2.05, 4.69) is 161 Å². The van der Waals surface area contributed by atoms with Crippen LogP contribution in [0, 0.1) is 0 Å². The maximum Gasteiger partial charge on any atom is 0.0495 e. The second kappa shape index (κ2) is 31.4. The molecule has 0 saturated carbocycles. The summed E-state index contributed by atoms with van der Waals surface area (Å²) in [7, 11) is 0. The smallest absolute Gasteiger partial charge is 0.0495 e. The molecule has 4 aromatic rings. The zero-order valence-electron chi connectivity index (χ0n) is 35.1. The number of benzene rings is 4. The molecule has 54 heavy (non-hydrogen) atoms. The van der Waals surface area contributed by atoms with E-state index in [9.17, 15) is 0 Å². The molecule has 288 valence electrons. The molecular formula is C52H70N2. The second-order valence-electron chi connectivity index (χ2n) is 11.5. The van der Waals surface area contributed by atoms with Gasteiger partial charge in [-0.15, -0.1) is 0 Å². The van der Waals surface area contributed by atoms with Crippen LogP contribution in [0.3, 0.4) is 0 Å². The van der Waals surface area contributed by atoms with Crippen molar-refractivity contribution in [3.8, 4) is 11.1 Å². The zero-order valence-corrected chi connectivity index (χ0v) is 35.1. The Bertz CT molecular complexity index is 1730. The highest BCUT2D eigenvalue weighted by atomic mass is 14.9. The molecule has 0 spiro atoms. The summed E-state index contributed by atoms with van der Waals surface area (Å²) in [6.45, 7) is 31.4. The summed E-state index contributed by atoms with van der Waals surface area (Å²) in [5, 5.41) is 3.53. The molecule has 3 N–H and O–H groups in total. The average molecular weight is 723 g/mol. The van der Waals surface area contributed by atoms with Gasteiger partial charge in [-0.1, -0.05) is 215 Å². The van der Waals surface area contributed by atoms with Crippen molar-refractivity contribution in [3.63, 3.8) is 0 Å². The normalized spacial score (nSPS) is 11.1. The third-order valence-electron chi connectivity index (χ3n) is 7.94. The lowest BCUT2D eigenvalue weighted by Gasteiger charge is -2.19. The van der Waals surface area contributed by atoms with E-state index in [4.69, 9.17) is 5.73 Å². The van der Waals surface area contributed by atoms with E-state index in [0.717, 1.165) is 37.9 Å². The fourth-order valence-electron chi connectivity index (χ4n) is 5.32. The first-order valence-corrected chi connectivity index (χ1v) is 19.8. The van der Waals surface area contributed by atoms with Gasteiger partial charge < -0.3 is 11.1 Å². The van der Waals surface area contributed by atoms with Gasteiger partial charge in [0, 0.05) is 17.8 Å². The summed E-state index contributed by atoms with van der Waals surface area (Å²) >= 11 is 0. The predicted molar refractivity (Wildman–Crippen MR) is 249 cm³/mol. The van der Waals surface area contributed by atoms with Gasteiger partial charge in [-0.3, -0.25) is 0 Å². The Labute approximate surface area is 331 Å². The van der Waals surface area contributed by atoms with Gasteiger partial charge in [-0.25, -0.2) is 0 Å². The van der Waals surface area contributed by atoms with E-state index >= 15 is 0 Å². The maximum absolute atomic E-state index is 4.85. The highest BCUT2D eigenvalue weighted by Gasteiger charge is 2.12. The standard InChI is InChI=1S/C24H25N.C14H16.C8H10.C2H7N.2C2H6/c1-4-9-19(10-5-2)21-15-18(6-3)16-22(17-21)23-13-7-11-20-12-8-14-25-24(20)23;1-4-7-13(6-3)14-10-8-12(5-2)9-11-14;1-2-8-6-4-3-5-7-8;1-2-3;2*1-2/h4-5,7-13,15-17,25H,1,6,14H2,2-3H3;4,6-11H,1,3,5H2,2H3;3-7H,2H2,1H3;2-3H2,1H3;2*1-2H3/b10-5-,19-9+;13-7+;;;;. The molecule has 0 unspecified atom stereocenters. The number of hydrogen-bond donors (Lipinski definition) is 2. The minimum Gasteiger partial charge on any atom is -0.381 e. The van der Waals surface area contributed by atoms with Gasteiger partial charge in [0.05, 0.1) is 0 Å². The molecule has 4 aromatic carbocycles. The lowest BCUT2D eigenvalue weighted by Crippen LogP contribution is -2.06. The molecule has 0 atom stereocenters. The van der Waals surface area contributed by atoms with E-state index < -0.39 is 0 Å². The van der Waals surface area contributed by atoms with Crippen molar-refractivity contribution >= 4 is 22.9 Å². The highest BCUT2D eigenvalue weighted by molar-refractivity contribution is 5.88. The third kappa shape index (κ3) is 17.6. The lowest BCUT2D eigenvalue weighted by molar-refractivity contribution is 1.14. The van der Waals surface area contributed by atoms with Crippen LogP contribution in [0.5, 0.6) is 0 Å². The van der Waals surface area contributed by atoms with E-state index in [0.29, 0.717) is 0 Å². The second-order valence-corrected chi connectivity index (χ2v) is 11.5. The Morgan fingerprint density at radius 1 is 0.667 bits per heavy atom. The average Bonchev–Trinajstić information content (AvgIpc) is 3.25. The SMILES string of the molecule is C=C/C=C(\C=C)c1ccc(CC)cc1.C=C/C=C(\C=C/C)c1cc(CC)cc(-c2cccc3c2NCC=C3)c1.CC.CC.CCN.CCc1ccccc1. The van der Waals surface area contributed by atoms with Crippen molar-refractivity contribution in [2.45, 2.75) is 81.6 Å². The van der Waals surface area contributed by atoms with Gasteiger partial charge >= 0.3 is 0 Å². The molecule has 0 fully saturated rings. The zero-order chi connectivity index (χ0) is 40.6. The van der Waals surface area contributed by atoms with E-state index in [1.807, 2.05) is 65.8 Å². The monoisotopic (exact) mass is 723 g/mol. The number of rotatable bonds is 10. The van der Waals surface area contributed by atoms with Crippen molar-refractivity contribution < 1.29 is 0 Å². The van der Waals surface area contributed by atoms with Crippen molar-refractivity contribution in [1.82, 2.24) is 0 Å². The first-order chi connectivity index (χ1) is 26.4. The summed E-state index contributed by atoms with van der Waals surface area (Å²) in [6.07, 6.45) is 21.3. The molecule has 1 heterocycles. The van der Waals surface area contributed by atoms with Crippen LogP contribution in [0.2, 0.25) is 0 Å². The predicted octanol–water partition coefficient (Wildman–Crippen LogP) is 14.8. The lowest BCUT2D eigenvalue weighted by atomic mass is 9.92. The summed E-state index contributed by atoms with van der Waals surface area (Å²) in [5.41, 5.74) is 18.7. The number of allylic oxidation sites excluding steroid dienone is 9. The molecule has 0 bridgehead atoms. The number of nitrogens with one attached hydrogen (secondary N) is 1. The van der Waals surface area contributed by atoms with E-state index in [1.54, 1.807) is 6.08 Å². The minimum atomic E-state index is 0.750. The summed E-state index contributed by atoms with van der Waals surface area (Å²) in [6, 6.07) is 32.4. The molecule has 0 aliphatic carbocycles. The van der Waals surface area contributed by atoms with Crippen LogP contribution in [0.25, 0.3) is 28.3 Å². The van der Waals surface area contributed by atoms with Crippen LogP contribution in [-0.4, -0.2) is 13.1 Å². The van der Waals surface area contributed by atoms with Gasteiger partial charge in [-0.05, 0) is 88.9 Å². The topological polar surface area (TPSA) is 38.0 Å². The van der Waals surface area contributed by atoms with E-state index in [1.165, 1.54) is 55.8 Å². The third-order valence-corrected chi connectivity index (χ3v) is 7.94. The fourth-order valence-corrected chi connectivity index (χ4v) is 5.32. The molecule has 1 aliphatic rings. The van der Waals surface area contributed by atoms with Gasteiger partial charge in [0.2, 0.25) is 0 Å². The van der Waals surface area contributed by atoms with Crippen LogP contribution in [-0.2, 0) is 19.3 Å². The molecule has 0 aromatic heterocycles. The van der Waals surface area contributed by atoms with Crippen molar-refractivity contribution in [3.05, 3.63) is 193 Å².